The maximum Gasteiger partial charge on any atom is 0.288 e. The third-order valence-corrected chi connectivity index (χ3v) is 3.95. The van der Waals surface area contributed by atoms with Crippen LogP contribution in [-0.4, -0.2) is 27.7 Å². The molecule has 1 aliphatic carbocycles. The van der Waals surface area contributed by atoms with Crippen molar-refractivity contribution in [2.75, 3.05) is 0 Å². The minimum atomic E-state index is -0.536. The Morgan fingerprint density at radius 1 is 1.15 bits per heavy atom. The van der Waals surface area contributed by atoms with Crippen LogP contribution in [0.1, 0.15) is 36.2 Å². The predicted octanol–water partition coefficient (Wildman–Crippen LogP) is 0.902. The van der Waals surface area contributed by atoms with E-state index < -0.39 is 5.91 Å². The summed E-state index contributed by atoms with van der Waals surface area (Å²) >= 11 is 0. The van der Waals surface area contributed by atoms with Crippen molar-refractivity contribution in [2.45, 2.75) is 25.7 Å². The molecule has 2 fully saturated rings. The predicted molar refractivity (Wildman–Crippen MR) is 69.0 cm³/mol. The van der Waals surface area contributed by atoms with E-state index >= 15 is 0 Å². The van der Waals surface area contributed by atoms with Crippen LogP contribution in [0.5, 0.6) is 0 Å². The number of rotatable bonds is 2. The fourth-order valence-corrected chi connectivity index (χ4v) is 2.93. The number of nitrogens with one attached hydrogen (secondary N) is 1. The van der Waals surface area contributed by atoms with Crippen LogP contribution in [-0.2, 0) is 9.59 Å². The van der Waals surface area contributed by atoms with E-state index in [2.05, 4.69) is 10.4 Å². The molecule has 20 heavy (non-hydrogen) atoms. The third-order valence-electron chi connectivity index (χ3n) is 3.95. The highest BCUT2D eigenvalue weighted by Gasteiger charge is 2.49. The van der Waals surface area contributed by atoms with E-state index in [0.717, 1.165) is 30.7 Å². The monoisotopic (exact) mass is 273 g/mol. The second-order valence-electron chi connectivity index (χ2n) is 5.17. The van der Waals surface area contributed by atoms with Gasteiger partial charge in [-0.25, -0.2) is 0 Å². The molecule has 104 valence electrons. The van der Waals surface area contributed by atoms with Crippen LogP contribution in [0.15, 0.2) is 24.4 Å². The maximum absolute atomic E-state index is 12.2. The number of imide groups is 1. The molecule has 1 aromatic rings. The molecule has 1 saturated heterocycles. The summed E-state index contributed by atoms with van der Waals surface area (Å²) in [5.41, 5.74) is 2.57. The highest BCUT2D eigenvalue weighted by Crippen LogP contribution is 2.37. The molecular formula is C14H15N3O3. The molecule has 1 N–H and O–H groups in total. The minimum absolute atomic E-state index is 0.183. The SMILES string of the molecule is O=C(NN1C(=O)C2CCCCC2C1=O)c1ccccn1. The van der Waals surface area contributed by atoms with Gasteiger partial charge < -0.3 is 0 Å². The zero-order valence-electron chi connectivity index (χ0n) is 10.9. The van der Waals surface area contributed by atoms with Crippen molar-refractivity contribution in [1.29, 1.82) is 0 Å². The number of hydrogen-bond donors (Lipinski definition) is 1. The molecular weight excluding hydrogens is 258 g/mol. The molecule has 3 rings (SSSR count). The summed E-state index contributed by atoms with van der Waals surface area (Å²) < 4.78 is 0. The quantitative estimate of drug-likeness (QED) is 0.812. The van der Waals surface area contributed by atoms with Gasteiger partial charge in [0.1, 0.15) is 5.69 Å². The lowest BCUT2D eigenvalue weighted by Gasteiger charge is -2.19. The Hall–Kier alpha value is -2.24. The molecule has 2 aliphatic rings. The molecule has 0 radical (unpaired) electrons. The van der Waals surface area contributed by atoms with Crippen molar-refractivity contribution < 1.29 is 14.4 Å². The lowest BCUT2D eigenvalue weighted by Crippen LogP contribution is -2.46. The van der Waals surface area contributed by atoms with Gasteiger partial charge in [0, 0.05) is 6.20 Å². The summed E-state index contributed by atoms with van der Waals surface area (Å²) in [6.45, 7) is 0. The highest BCUT2D eigenvalue weighted by molar-refractivity contribution is 6.07. The highest BCUT2D eigenvalue weighted by atomic mass is 16.2. The fourth-order valence-electron chi connectivity index (χ4n) is 2.93. The van der Waals surface area contributed by atoms with Crippen LogP contribution in [0, 0.1) is 11.8 Å². The molecule has 6 nitrogen and oxygen atoms in total. The molecule has 1 aliphatic heterocycles. The van der Waals surface area contributed by atoms with Gasteiger partial charge in [0.05, 0.1) is 11.8 Å². The summed E-state index contributed by atoms with van der Waals surface area (Å²) in [7, 11) is 0. The Kier molecular flexibility index (Phi) is 3.22. The molecule has 0 bridgehead atoms. The summed E-state index contributed by atoms with van der Waals surface area (Å²) in [6.07, 6.45) is 4.86. The number of hydrazine groups is 1. The van der Waals surface area contributed by atoms with Crippen molar-refractivity contribution in [2.24, 2.45) is 11.8 Å². The van der Waals surface area contributed by atoms with Crippen molar-refractivity contribution in [3.05, 3.63) is 30.1 Å². The summed E-state index contributed by atoms with van der Waals surface area (Å²) in [4.78, 5) is 40.3. The number of amides is 3. The first-order chi connectivity index (χ1) is 9.68. The lowest BCUT2D eigenvalue weighted by molar-refractivity contribution is -0.142. The summed E-state index contributed by atoms with van der Waals surface area (Å²) in [6, 6.07) is 4.90. The summed E-state index contributed by atoms with van der Waals surface area (Å²) in [5, 5.41) is 0.887. The number of pyridine rings is 1. The molecule has 6 heteroatoms. The van der Waals surface area contributed by atoms with Gasteiger partial charge in [-0.15, -0.1) is 0 Å². The second kappa shape index (κ2) is 5.03. The first-order valence-electron chi connectivity index (χ1n) is 6.78. The number of hydrogen-bond acceptors (Lipinski definition) is 4. The van der Waals surface area contributed by atoms with Gasteiger partial charge in [0.15, 0.2) is 0 Å². The smallest absolute Gasteiger partial charge is 0.272 e. The van der Waals surface area contributed by atoms with Crippen LogP contribution in [0.25, 0.3) is 0 Å². The topological polar surface area (TPSA) is 79.4 Å². The molecule has 1 aromatic heterocycles. The minimum Gasteiger partial charge on any atom is -0.272 e. The standard InChI is InChI=1S/C14H15N3O3/c18-12(11-7-3-4-8-15-11)16-17-13(19)9-5-1-2-6-10(9)14(17)20/h3-4,7-10H,1-2,5-6H2,(H,16,18). The molecule has 0 spiro atoms. The Labute approximate surface area is 116 Å². The molecule has 3 amide bonds. The van der Waals surface area contributed by atoms with E-state index in [4.69, 9.17) is 0 Å². The van der Waals surface area contributed by atoms with Crippen molar-refractivity contribution in [1.82, 2.24) is 15.4 Å². The summed E-state index contributed by atoms with van der Waals surface area (Å²) in [5.74, 6) is -1.64. The normalized spacial score (nSPS) is 25.5. The van der Waals surface area contributed by atoms with Gasteiger partial charge in [-0.05, 0) is 25.0 Å². The molecule has 0 aromatic carbocycles. The van der Waals surface area contributed by atoms with E-state index in [1.165, 1.54) is 12.3 Å². The van der Waals surface area contributed by atoms with Crippen LogP contribution < -0.4 is 5.43 Å². The van der Waals surface area contributed by atoms with E-state index in [9.17, 15) is 14.4 Å². The number of nitrogens with zero attached hydrogens (tertiary/aromatic N) is 2. The van der Waals surface area contributed by atoms with Crippen molar-refractivity contribution in [3.63, 3.8) is 0 Å². The zero-order chi connectivity index (χ0) is 14.1. The Bertz CT molecular complexity index is 534. The van der Waals surface area contributed by atoms with E-state index in [1.54, 1.807) is 12.1 Å². The number of fused-ring (bicyclic) bond motifs is 1. The van der Waals surface area contributed by atoms with E-state index in [1.807, 2.05) is 0 Å². The lowest BCUT2D eigenvalue weighted by atomic mass is 9.81. The Morgan fingerprint density at radius 3 is 2.35 bits per heavy atom. The van der Waals surface area contributed by atoms with Gasteiger partial charge in [0.25, 0.3) is 17.7 Å². The van der Waals surface area contributed by atoms with Gasteiger partial charge in [0.2, 0.25) is 0 Å². The Balaban J connectivity index is 1.76. The first-order valence-corrected chi connectivity index (χ1v) is 6.78. The zero-order valence-corrected chi connectivity index (χ0v) is 10.9. The molecule has 1 saturated carbocycles. The fraction of sp³-hybridized carbons (Fsp3) is 0.429. The van der Waals surface area contributed by atoms with E-state index in [0.29, 0.717) is 0 Å². The number of aromatic nitrogens is 1. The molecule has 2 atom stereocenters. The van der Waals surface area contributed by atoms with Crippen LogP contribution in [0.4, 0.5) is 0 Å². The second-order valence-corrected chi connectivity index (χ2v) is 5.17. The third kappa shape index (κ3) is 2.07. The van der Waals surface area contributed by atoms with Gasteiger partial charge in [-0.2, -0.15) is 5.01 Å². The average molecular weight is 273 g/mol. The average Bonchev–Trinajstić information content (AvgIpc) is 2.74. The number of carbonyl (C=O) groups excluding carboxylic acids is 3. The van der Waals surface area contributed by atoms with Gasteiger partial charge in [-0.1, -0.05) is 18.9 Å². The van der Waals surface area contributed by atoms with Crippen molar-refractivity contribution >= 4 is 17.7 Å². The molecule has 2 unspecified atom stereocenters. The van der Waals surface area contributed by atoms with E-state index in [-0.39, 0.29) is 29.3 Å². The number of carbonyl (C=O) groups is 3. The largest absolute Gasteiger partial charge is 0.288 e. The molecule has 2 heterocycles. The van der Waals surface area contributed by atoms with Crippen LogP contribution >= 0.6 is 0 Å². The van der Waals surface area contributed by atoms with Crippen molar-refractivity contribution in [3.8, 4) is 0 Å². The van der Waals surface area contributed by atoms with Gasteiger partial charge >= 0.3 is 0 Å². The maximum atomic E-state index is 12.2. The Morgan fingerprint density at radius 2 is 1.80 bits per heavy atom. The van der Waals surface area contributed by atoms with Crippen LogP contribution in [0.3, 0.4) is 0 Å². The van der Waals surface area contributed by atoms with Gasteiger partial charge in [-0.3, -0.25) is 24.8 Å². The first kappa shape index (κ1) is 12.8. The van der Waals surface area contributed by atoms with Crippen LogP contribution in [0.2, 0.25) is 0 Å².